The lowest BCUT2D eigenvalue weighted by Crippen LogP contribution is -2.52. The number of halogens is 2. The minimum Gasteiger partial charge on any atom is -0.317 e. The molecule has 0 spiro atoms. The molecular formula is C15H21Cl2N5O. The summed E-state index contributed by atoms with van der Waals surface area (Å²) < 4.78 is 1.78. The van der Waals surface area contributed by atoms with Crippen molar-refractivity contribution < 1.29 is 4.79 Å². The fourth-order valence-electron chi connectivity index (χ4n) is 2.77. The molecule has 0 aromatic carbocycles. The molecule has 2 N–H and O–H groups in total. The lowest BCUT2D eigenvalue weighted by molar-refractivity contribution is -0.126. The van der Waals surface area contributed by atoms with Crippen LogP contribution in [0, 0.1) is 6.92 Å². The number of pyridine rings is 1. The number of carbonyl (C=O) groups excluding carboxylic acids is 1. The average molecular weight is 358 g/mol. The number of amides is 1. The number of hydrogen-bond acceptors (Lipinski definition) is 4. The average Bonchev–Trinajstić information content (AvgIpc) is 3.02. The largest absolute Gasteiger partial charge is 0.317 e. The van der Waals surface area contributed by atoms with Crippen LogP contribution < -0.4 is 10.6 Å². The van der Waals surface area contributed by atoms with Gasteiger partial charge in [0.25, 0.3) is 5.91 Å². The van der Waals surface area contributed by atoms with Gasteiger partial charge < -0.3 is 10.6 Å². The van der Waals surface area contributed by atoms with E-state index in [2.05, 4.69) is 20.7 Å². The van der Waals surface area contributed by atoms with E-state index in [-0.39, 0.29) is 30.7 Å². The number of anilines is 1. The van der Waals surface area contributed by atoms with Crippen molar-refractivity contribution in [1.29, 1.82) is 0 Å². The second-order valence-electron chi connectivity index (χ2n) is 5.35. The van der Waals surface area contributed by atoms with Crippen molar-refractivity contribution in [2.45, 2.75) is 25.3 Å². The first-order chi connectivity index (χ1) is 10.2. The van der Waals surface area contributed by atoms with E-state index in [9.17, 15) is 4.79 Å². The smallest absolute Gasteiger partial charge is 0.253 e. The van der Waals surface area contributed by atoms with Crippen LogP contribution in [0.25, 0.3) is 0 Å². The van der Waals surface area contributed by atoms with Gasteiger partial charge in [-0.25, -0.2) is 4.98 Å². The van der Waals surface area contributed by atoms with E-state index in [1.54, 1.807) is 10.9 Å². The number of rotatable bonds is 3. The molecule has 1 saturated heterocycles. The molecule has 2 aromatic rings. The number of piperidine rings is 1. The highest BCUT2D eigenvalue weighted by molar-refractivity contribution is 5.96. The van der Waals surface area contributed by atoms with Gasteiger partial charge in [-0.1, -0.05) is 6.07 Å². The molecule has 3 rings (SSSR count). The number of nitrogens with one attached hydrogen (secondary N) is 2. The van der Waals surface area contributed by atoms with Crippen LogP contribution in [0.1, 0.15) is 18.5 Å². The molecule has 0 bridgehead atoms. The van der Waals surface area contributed by atoms with E-state index in [4.69, 9.17) is 0 Å². The summed E-state index contributed by atoms with van der Waals surface area (Å²) >= 11 is 0. The summed E-state index contributed by atoms with van der Waals surface area (Å²) in [4.78, 5) is 17.2. The van der Waals surface area contributed by atoms with Crippen molar-refractivity contribution >= 4 is 36.5 Å². The highest BCUT2D eigenvalue weighted by Crippen LogP contribution is 2.28. The zero-order chi connectivity index (χ0) is 14.7. The Morgan fingerprint density at radius 3 is 2.61 bits per heavy atom. The molecule has 8 heteroatoms. The molecule has 1 aliphatic rings. The molecule has 2 aromatic heterocycles. The third-order valence-corrected chi connectivity index (χ3v) is 3.93. The van der Waals surface area contributed by atoms with Crippen LogP contribution in [0.2, 0.25) is 0 Å². The van der Waals surface area contributed by atoms with Crippen molar-refractivity contribution in [2.24, 2.45) is 0 Å². The predicted molar refractivity (Wildman–Crippen MR) is 94.4 cm³/mol. The van der Waals surface area contributed by atoms with Crippen LogP contribution in [0.15, 0.2) is 36.7 Å². The van der Waals surface area contributed by atoms with Crippen LogP contribution in [-0.4, -0.2) is 33.8 Å². The minimum absolute atomic E-state index is 0. The maximum atomic E-state index is 12.9. The standard InChI is InChI=1S/C15H19N5O.2ClH/c1-12-4-2-5-13(18-12)19-14(21)15(6-9-16-10-7-15)20-11-3-8-17-20;;/h2-5,8,11,16H,6-7,9-10H2,1H3,(H,18,19,21);2*1H. The first-order valence-corrected chi connectivity index (χ1v) is 7.17. The second kappa shape index (κ2) is 8.29. The van der Waals surface area contributed by atoms with Gasteiger partial charge >= 0.3 is 0 Å². The molecule has 0 unspecified atom stereocenters. The van der Waals surface area contributed by atoms with Crippen molar-refractivity contribution in [3.8, 4) is 0 Å². The van der Waals surface area contributed by atoms with Gasteiger partial charge in [0, 0.05) is 18.1 Å². The second-order valence-corrected chi connectivity index (χ2v) is 5.35. The van der Waals surface area contributed by atoms with Gasteiger partial charge in [0.1, 0.15) is 11.4 Å². The molecule has 6 nitrogen and oxygen atoms in total. The summed E-state index contributed by atoms with van der Waals surface area (Å²) in [6, 6.07) is 7.45. The van der Waals surface area contributed by atoms with Gasteiger partial charge in [-0.3, -0.25) is 9.48 Å². The van der Waals surface area contributed by atoms with E-state index in [0.29, 0.717) is 18.7 Å². The molecule has 0 aliphatic carbocycles. The zero-order valence-corrected chi connectivity index (χ0v) is 14.5. The Morgan fingerprint density at radius 2 is 2.00 bits per heavy atom. The lowest BCUT2D eigenvalue weighted by atomic mass is 9.87. The van der Waals surface area contributed by atoms with Crippen molar-refractivity contribution in [3.05, 3.63) is 42.4 Å². The normalized spacial score (nSPS) is 15.9. The SMILES string of the molecule is Cc1cccc(NC(=O)C2(n3cccn3)CCNCC2)n1.Cl.Cl. The Hall–Kier alpha value is -1.63. The molecule has 0 radical (unpaired) electrons. The summed E-state index contributed by atoms with van der Waals surface area (Å²) in [6.45, 7) is 3.51. The highest BCUT2D eigenvalue weighted by Gasteiger charge is 2.42. The highest BCUT2D eigenvalue weighted by atomic mass is 35.5. The molecule has 3 heterocycles. The fourth-order valence-corrected chi connectivity index (χ4v) is 2.77. The number of aryl methyl sites for hydroxylation is 1. The third-order valence-electron chi connectivity index (χ3n) is 3.93. The fraction of sp³-hybridized carbons (Fsp3) is 0.400. The molecular weight excluding hydrogens is 337 g/mol. The Morgan fingerprint density at radius 1 is 1.26 bits per heavy atom. The number of carbonyl (C=O) groups is 1. The Labute approximate surface area is 147 Å². The Kier molecular flexibility index (Phi) is 7.00. The van der Waals surface area contributed by atoms with Gasteiger partial charge in [-0.05, 0) is 51.1 Å². The summed E-state index contributed by atoms with van der Waals surface area (Å²) in [5.74, 6) is 0.538. The predicted octanol–water partition coefficient (Wildman–Crippen LogP) is 2.15. The van der Waals surface area contributed by atoms with Gasteiger partial charge in [-0.15, -0.1) is 24.8 Å². The summed E-state index contributed by atoms with van der Waals surface area (Å²) in [7, 11) is 0. The van der Waals surface area contributed by atoms with Crippen LogP contribution in [0.3, 0.4) is 0 Å². The monoisotopic (exact) mass is 357 g/mol. The van der Waals surface area contributed by atoms with Gasteiger partial charge in [-0.2, -0.15) is 5.10 Å². The van der Waals surface area contributed by atoms with E-state index in [1.807, 2.05) is 37.4 Å². The molecule has 1 amide bonds. The summed E-state index contributed by atoms with van der Waals surface area (Å²) in [6.07, 6.45) is 5.00. The Bertz CT molecular complexity index is 627. The van der Waals surface area contributed by atoms with Crippen molar-refractivity contribution in [1.82, 2.24) is 20.1 Å². The molecule has 126 valence electrons. The maximum absolute atomic E-state index is 12.9. The van der Waals surface area contributed by atoms with Crippen molar-refractivity contribution in [2.75, 3.05) is 18.4 Å². The molecule has 1 aliphatic heterocycles. The van der Waals surface area contributed by atoms with Gasteiger partial charge in [0.15, 0.2) is 0 Å². The zero-order valence-electron chi connectivity index (χ0n) is 12.9. The first kappa shape index (κ1) is 19.4. The molecule has 0 saturated carbocycles. The number of hydrogen-bond donors (Lipinski definition) is 2. The van der Waals surface area contributed by atoms with Crippen LogP contribution in [-0.2, 0) is 10.3 Å². The van der Waals surface area contributed by atoms with E-state index < -0.39 is 5.54 Å². The van der Waals surface area contributed by atoms with E-state index >= 15 is 0 Å². The van der Waals surface area contributed by atoms with Crippen molar-refractivity contribution in [3.63, 3.8) is 0 Å². The van der Waals surface area contributed by atoms with E-state index in [0.717, 1.165) is 18.8 Å². The lowest BCUT2D eigenvalue weighted by Gasteiger charge is -2.36. The van der Waals surface area contributed by atoms with Crippen LogP contribution in [0.4, 0.5) is 5.82 Å². The van der Waals surface area contributed by atoms with Gasteiger partial charge in [0.2, 0.25) is 0 Å². The van der Waals surface area contributed by atoms with Crippen LogP contribution in [0.5, 0.6) is 0 Å². The molecule has 1 fully saturated rings. The number of aromatic nitrogens is 3. The quantitative estimate of drug-likeness (QED) is 0.882. The molecule has 0 atom stereocenters. The van der Waals surface area contributed by atoms with E-state index in [1.165, 1.54) is 0 Å². The topological polar surface area (TPSA) is 71.8 Å². The van der Waals surface area contributed by atoms with Gasteiger partial charge in [0.05, 0.1) is 0 Å². The minimum atomic E-state index is -0.639. The third kappa shape index (κ3) is 4.02. The summed E-state index contributed by atoms with van der Waals surface area (Å²) in [5, 5.41) is 10.5. The number of nitrogens with zero attached hydrogens (tertiary/aromatic N) is 3. The summed E-state index contributed by atoms with van der Waals surface area (Å²) in [5.41, 5.74) is 0.242. The first-order valence-electron chi connectivity index (χ1n) is 7.17. The Balaban J connectivity index is 0.00000132. The maximum Gasteiger partial charge on any atom is 0.253 e. The molecule has 23 heavy (non-hydrogen) atoms. The van der Waals surface area contributed by atoms with Crippen LogP contribution >= 0.6 is 24.8 Å².